The third kappa shape index (κ3) is 2.71. The molecule has 5 heteroatoms. The van der Waals surface area contributed by atoms with Gasteiger partial charge in [0.2, 0.25) is 11.5 Å². The number of methoxy groups -OCH3 is 1. The first-order chi connectivity index (χ1) is 11.1. The van der Waals surface area contributed by atoms with Crippen LogP contribution < -0.4 is 5.32 Å². The highest BCUT2D eigenvalue weighted by atomic mass is 16.7. The van der Waals surface area contributed by atoms with Gasteiger partial charge in [-0.05, 0) is 23.3 Å². The Morgan fingerprint density at radius 2 is 1.74 bits per heavy atom. The fraction of sp³-hybridized carbons (Fsp3) is 0.222. The first-order valence-corrected chi connectivity index (χ1v) is 7.27. The van der Waals surface area contributed by atoms with Crippen LogP contribution in [0.15, 0.2) is 54.6 Å². The number of esters is 1. The zero-order chi connectivity index (χ0) is 16.4. The van der Waals surface area contributed by atoms with Crippen LogP contribution in [0, 0.1) is 0 Å². The minimum absolute atomic E-state index is 0.131. The van der Waals surface area contributed by atoms with Crippen LogP contribution >= 0.6 is 0 Å². The van der Waals surface area contributed by atoms with Gasteiger partial charge in [0.05, 0.1) is 7.11 Å². The molecule has 3 rings (SSSR count). The van der Waals surface area contributed by atoms with E-state index in [9.17, 15) is 9.59 Å². The summed E-state index contributed by atoms with van der Waals surface area (Å²) in [5.74, 6) is -0.548. The van der Waals surface area contributed by atoms with Gasteiger partial charge < -0.3 is 14.8 Å². The van der Waals surface area contributed by atoms with Crippen LogP contribution in [0.4, 0.5) is 5.69 Å². The minimum Gasteiger partial charge on any atom is -0.467 e. The van der Waals surface area contributed by atoms with Crippen LogP contribution in [0.3, 0.4) is 0 Å². The highest BCUT2D eigenvalue weighted by Gasteiger charge is 2.65. The van der Waals surface area contributed by atoms with Crippen molar-refractivity contribution in [1.82, 2.24) is 0 Å². The summed E-state index contributed by atoms with van der Waals surface area (Å²) < 4.78 is 10.7. The monoisotopic (exact) mass is 311 g/mol. The first-order valence-electron chi connectivity index (χ1n) is 7.27. The number of epoxide rings is 1. The maximum absolute atomic E-state index is 12.3. The fourth-order valence-electron chi connectivity index (χ4n) is 2.73. The molecule has 0 spiro atoms. The molecule has 0 radical (unpaired) electrons. The van der Waals surface area contributed by atoms with E-state index in [1.54, 1.807) is 12.1 Å². The molecule has 23 heavy (non-hydrogen) atoms. The average molecular weight is 311 g/mol. The molecular formula is C18H17NO4. The van der Waals surface area contributed by atoms with Gasteiger partial charge in [0.15, 0.2) is 0 Å². The lowest BCUT2D eigenvalue weighted by atomic mass is 9.91. The molecule has 0 aliphatic carbocycles. The Morgan fingerprint density at radius 1 is 1.09 bits per heavy atom. The summed E-state index contributed by atoms with van der Waals surface area (Å²) in [4.78, 5) is 23.4. The van der Waals surface area contributed by atoms with Crippen molar-refractivity contribution in [2.75, 3.05) is 12.4 Å². The number of amides is 1. The molecule has 118 valence electrons. The third-order valence-corrected chi connectivity index (χ3v) is 3.84. The summed E-state index contributed by atoms with van der Waals surface area (Å²) in [7, 11) is 1.35. The third-order valence-electron chi connectivity index (χ3n) is 3.84. The maximum Gasteiger partial charge on any atom is 0.346 e. The van der Waals surface area contributed by atoms with Crippen LogP contribution in [0.5, 0.6) is 0 Å². The Kier molecular flexibility index (Phi) is 3.88. The SMILES string of the molecule is COC(=O)[C@@]1(c2ccccc2)O[C@H]1c1ccc(NC(C)=O)cc1. The molecule has 1 aliphatic heterocycles. The standard InChI is InChI=1S/C18H17NO4/c1-12(20)19-15-10-8-13(9-11-15)16-18(23-16,17(21)22-2)14-6-4-3-5-7-14/h3-11,16H,1-2H3,(H,19,20)/t16-,18-/m0/s1. The van der Waals surface area contributed by atoms with Crippen LogP contribution in [-0.2, 0) is 24.7 Å². The van der Waals surface area contributed by atoms with Crippen molar-refractivity contribution in [3.8, 4) is 0 Å². The van der Waals surface area contributed by atoms with Gasteiger partial charge in [0.25, 0.3) is 0 Å². The van der Waals surface area contributed by atoms with Gasteiger partial charge in [-0.25, -0.2) is 4.79 Å². The second-order valence-corrected chi connectivity index (χ2v) is 5.39. The highest BCUT2D eigenvalue weighted by Crippen LogP contribution is 2.57. The molecule has 1 fully saturated rings. The van der Waals surface area contributed by atoms with Gasteiger partial charge in [0.1, 0.15) is 6.10 Å². The zero-order valence-corrected chi connectivity index (χ0v) is 12.9. The lowest BCUT2D eigenvalue weighted by molar-refractivity contribution is -0.147. The molecule has 2 aromatic rings. The summed E-state index contributed by atoms with van der Waals surface area (Å²) in [6, 6.07) is 16.5. The molecule has 1 N–H and O–H groups in total. The van der Waals surface area contributed by atoms with Gasteiger partial charge in [-0.2, -0.15) is 0 Å². The Balaban J connectivity index is 1.89. The maximum atomic E-state index is 12.3. The lowest BCUT2D eigenvalue weighted by Crippen LogP contribution is -2.24. The Hall–Kier alpha value is -2.66. The first kappa shape index (κ1) is 15.2. The molecule has 1 heterocycles. The predicted octanol–water partition coefficient (Wildman–Crippen LogP) is 2.78. The number of carbonyl (C=O) groups excluding carboxylic acids is 2. The number of nitrogens with one attached hydrogen (secondary N) is 1. The van der Waals surface area contributed by atoms with Crippen LogP contribution in [0.25, 0.3) is 0 Å². The van der Waals surface area contributed by atoms with E-state index in [-0.39, 0.29) is 5.91 Å². The van der Waals surface area contributed by atoms with Crippen LogP contribution in [0.2, 0.25) is 0 Å². The molecule has 0 saturated carbocycles. The second-order valence-electron chi connectivity index (χ2n) is 5.39. The smallest absolute Gasteiger partial charge is 0.346 e. The molecule has 1 saturated heterocycles. The van der Waals surface area contributed by atoms with E-state index in [4.69, 9.17) is 9.47 Å². The number of carbonyl (C=O) groups is 2. The molecule has 0 bridgehead atoms. The number of rotatable bonds is 4. The topological polar surface area (TPSA) is 67.9 Å². The largest absolute Gasteiger partial charge is 0.467 e. The Morgan fingerprint density at radius 3 is 2.30 bits per heavy atom. The van der Waals surface area contributed by atoms with Crippen molar-refractivity contribution in [3.63, 3.8) is 0 Å². The molecule has 1 aliphatic rings. The summed E-state index contributed by atoms with van der Waals surface area (Å²) in [6.45, 7) is 1.45. The average Bonchev–Trinajstić information content (AvgIpc) is 3.32. The fourth-order valence-corrected chi connectivity index (χ4v) is 2.73. The second kappa shape index (κ2) is 5.85. The van der Waals surface area contributed by atoms with Crippen molar-refractivity contribution >= 4 is 17.6 Å². The predicted molar refractivity (Wildman–Crippen MR) is 84.7 cm³/mol. The summed E-state index contributed by atoms with van der Waals surface area (Å²) in [5, 5.41) is 2.71. The van der Waals surface area contributed by atoms with Gasteiger partial charge in [-0.15, -0.1) is 0 Å². The summed E-state index contributed by atoms with van der Waals surface area (Å²) >= 11 is 0. The number of hydrogen-bond acceptors (Lipinski definition) is 4. The molecule has 1 amide bonds. The molecule has 5 nitrogen and oxygen atoms in total. The Labute approximate surface area is 134 Å². The van der Waals surface area contributed by atoms with Crippen molar-refractivity contribution in [2.24, 2.45) is 0 Å². The van der Waals surface area contributed by atoms with Crippen molar-refractivity contribution in [3.05, 3.63) is 65.7 Å². The normalized spacial score (nSPS) is 22.3. The number of anilines is 1. The van der Waals surface area contributed by atoms with E-state index < -0.39 is 17.7 Å². The molecule has 0 aromatic heterocycles. The van der Waals surface area contributed by atoms with E-state index >= 15 is 0 Å². The number of benzene rings is 2. The van der Waals surface area contributed by atoms with E-state index in [2.05, 4.69) is 5.32 Å². The Bertz CT molecular complexity index is 726. The van der Waals surface area contributed by atoms with E-state index in [0.717, 1.165) is 11.1 Å². The van der Waals surface area contributed by atoms with Crippen molar-refractivity contribution in [2.45, 2.75) is 18.6 Å². The van der Waals surface area contributed by atoms with Crippen molar-refractivity contribution < 1.29 is 19.1 Å². The number of ether oxygens (including phenoxy) is 2. The molecule has 0 unspecified atom stereocenters. The van der Waals surface area contributed by atoms with E-state index in [0.29, 0.717) is 5.69 Å². The molecular weight excluding hydrogens is 294 g/mol. The van der Waals surface area contributed by atoms with Crippen LogP contribution in [0.1, 0.15) is 24.2 Å². The summed E-state index contributed by atoms with van der Waals surface area (Å²) in [5.41, 5.74) is 1.23. The molecule has 2 atom stereocenters. The van der Waals surface area contributed by atoms with Gasteiger partial charge in [-0.1, -0.05) is 42.5 Å². The molecule has 2 aromatic carbocycles. The van der Waals surface area contributed by atoms with Gasteiger partial charge >= 0.3 is 5.97 Å². The number of hydrogen-bond donors (Lipinski definition) is 1. The van der Waals surface area contributed by atoms with Crippen molar-refractivity contribution in [1.29, 1.82) is 0 Å². The van der Waals surface area contributed by atoms with E-state index in [1.807, 2.05) is 42.5 Å². The highest BCUT2D eigenvalue weighted by molar-refractivity contribution is 5.89. The zero-order valence-electron chi connectivity index (χ0n) is 12.9. The lowest BCUT2D eigenvalue weighted by Gasteiger charge is -2.11. The van der Waals surface area contributed by atoms with E-state index in [1.165, 1.54) is 14.0 Å². The van der Waals surface area contributed by atoms with Gasteiger partial charge in [-0.3, -0.25) is 4.79 Å². The summed E-state index contributed by atoms with van der Waals surface area (Å²) in [6.07, 6.45) is -0.399. The van der Waals surface area contributed by atoms with Gasteiger partial charge in [0, 0.05) is 12.6 Å². The minimum atomic E-state index is -1.09. The van der Waals surface area contributed by atoms with Crippen LogP contribution in [-0.4, -0.2) is 19.0 Å². The quantitative estimate of drug-likeness (QED) is 0.696.